The molecular weight excluding hydrogens is 253 g/mol. The second-order valence-electron chi connectivity index (χ2n) is 6.45. The third kappa shape index (κ3) is 2.50. The fraction of sp³-hybridized carbons (Fsp3) is 0.429. The molecule has 4 heteroatoms. The van der Waals surface area contributed by atoms with Crippen molar-refractivity contribution in [1.29, 1.82) is 0 Å². The van der Waals surface area contributed by atoms with Crippen LogP contribution in [0.2, 0.25) is 18.1 Å². The maximum Gasteiger partial charge on any atom is 0.262 e. The zero-order valence-electron chi connectivity index (χ0n) is 12.0. The predicted octanol–water partition coefficient (Wildman–Crippen LogP) is 4.28. The smallest absolute Gasteiger partial charge is 0.262 e. The summed E-state index contributed by atoms with van der Waals surface area (Å²) in [5, 5.41) is 2.54. The van der Waals surface area contributed by atoms with Crippen LogP contribution < -0.4 is 0 Å². The Balaban J connectivity index is 2.22. The summed E-state index contributed by atoms with van der Waals surface area (Å²) in [5.41, 5.74) is 1.46. The molecule has 2 heterocycles. The molecule has 0 saturated carbocycles. The SMILES string of the molecule is CC(C)(C)[Si](C)(C)N1BC(c2cccs2)=CC=C1. The van der Waals surface area contributed by atoms with Crippen molar-refractivity contribution in [2.75, 3.05) is 0 Å². The molecule has 0 radical (unpaired) electrons. The van der Waals surface area contributed by atoms with Gasteiger partial charge in [-0.2, -0.15) is 0 Å². The molecule has 0 atom stereocenters. The van der Waals surface area contributed by atoms with Crippen molar-refractivity contribution in [1.82, 2.24) is 4.48 Å². The van der Waals surface area contributed by atoms with Crippen LogP contribution >= 0.6 is 11.3 Å². The van der Waals surface area contributed by atoms with Crippen molar-refractivity contribution in [2.24, 2.45) is 0 Å². The maximum atomic E-state index is 2.60. The van der Waals surface area contributed by atoms with E-state index < -0.39 is 8.24 Å². The van der Waals surface area contributed by atoms with Crippen LogP contribution in [0, 0.1) is 0 Å². The fourth-order valence-corrected chi connectivity index (χ4v) is 4.62. The number of allylic oxidation sites excluding steroid dienone is 2. The van der Waals surface area contributed by atoms with Crippen molar-refractivity contribution in [3.8, 4) is 0 Å². The minimum absolute atomic E-state index is 0.384. The summed E-state index contributed by atoms with van der Waals surface area (Å²) in [6, 6.07) is 4.36. The van der Waals surface area contributed by atoms with E-state index >= 15 is 0 Å². The summed E-state index contributed by atoms with van der Waals surface area (Å²) in [4.78, 5) is 1.41. The van der Waals surface area contributed by atoms with Gasteiger partial charge in [-0.05, 0) is 34.2 Å². The third-order valence-electron chi connectivity index (χ3n) is 4.30. The molecule has 0 N–H and O–H groups in total. The van der Waals surface area contributed by atoms with E-state index in [-0.39, 0.29) is 0 Å². The highest BCUT2D eigenvalue weighted by Gasteiger charge is 2.40. The van der Waals surface area contributed by atoms with Gasteiger partial charge >= 0.3 is 0 Å². The molecular formula is C14H22BNSSi. The molecule has 0 spiro atoms. The molecule has 0 saturated heterocycles. The van der Waals surface area contributed by atoms with Crippen molar-refractivity contribution in [2.45, 2.75) is 38.9 Å². The molecule has 1 aromatic rings. The Labute approximate surface area is 117 Å². The van der Waals surface area contributed by atoms with Gasteiger partial charge in [0.1, 0.15) is 8.24 Å². The second-order valence-corrected chi connectivity index (χ2v) is 12.6. The first-order valence-corrected chi connectivity index (χ1v) is 10.3. The Morgan fingerprint density at radius 2 is 2.00 bits per heavy atom. The Morgan fingerprint density at radius 1 is 1.28 bits per heavy atom. The van der Waals surface area contributed by atoms with E-state index in [9.17, 15) is 0 Å². The van der Waals surface area contributed by atoms with Crippen LogP contribution in [0.4, 0.5) is 0 Å². The molecule has 1 aromatic heterocycles. The van der Waals surface area contributed by atoms with E-state index in [1.807, 2.05) is 11.3 Å². The van der Waals surface area contributed by atoms with Crippen LogP contribution in [0.3, 0.4) is 0 Å². The molecule has 1 aliphatic rings. The topological polar surface area (TPSA) is 3.24 Å². The van der Waals surface area contributed by atoms with Gasteiger partial charge in [-0.3, -0.25) is 0 Å². The monoisotopic (exact) mass is 275 g/mol. The molecule has 96 valence electrons. The van der Waals surface area contributed by atoms with Crippen LogP contribution in [0.25, 0.3) is 5.47 Å². The lowest BCUT2D eigenvalue weighted by Crippen LogP contribution is -2.54. The highest BCUT2D eigenvalue weighted by Crippen LogP contribution is 2.39. The zero-order valence-corrected chi connectivity index (χ0v) is 13.8. The van der Waals surface area contributed by atoms with Crippen molar-refractivity contribution in [3.05, 3.63) is 40.7 Å². The zero-order chi connectivity index (χ0) is 13.4. The van der Waals surface area contributed by atoms with Crippen LogP contribution in [0.15, 0.2) is 35.9 Å². The highest BCUT2D eigenvalue weighted by atomic mass is 32.1. The van der Waals surface area contributed by atoms with Gasteiger partial charge in [-0.1, -0.05) is 46.0 Å². The number of rotatable bonds is 2. The summed E-state index contributed by atoms with van der Waals surface area (Å²) in [6.07, 6.45) is 6.75. The van der Waals surface area contributed by atoms with Gasteiger partial charge in [0.05, 0.1) is 0 Å². The van der Waals surface area contributed by atoms with E-state index in [0.29, 0.717) is 5.04 Å². The van der Waals surface area contributed by atoms with Crippen molar-refractivity contribution >= 4 is 32.5 Å². The minimum Gasteiger partial charge on any atom is -0.447 e. The Morgan fingerprint density at radius 3 is 2.56 bits per heavy atom. The number of nitrogens with zero attached hydrogens (tertiary/aromatic N) is 1. The number of thiophene rings is 1. The van der Waals surface area contributed by atoms with Crippen LogP contribution in [0.1, 0.15) is 25.6 Å². The predicted molar refractivity (Wildman–Crippen MR) is 87.6 cm³/mol. The lowest BCUT2D eigenvalue weighted by molar-refractivity contribution is 0.658. The van der Waals surface area contributed by atoms with Crippen LogP contribution in [-0.2, 0) is 0 Å². The Hall–Kier alpha value is -0.738. The van der Waals surface area contributed by atoms with Gasteiger partial charge < -0.3 is 4.48 Å². The molecule has 0 unspecified atom stereocenters. The minimum atomic E-state index is -1.45. The lowest BCUT2D eigenvalue weighted by atomic mass is 9.79. The lowest BCUT2D eigenvalue weighted by Gasteiger charge is -2.46. The molecule has 0 bridgehead atoms. The van der Waals surface area contributed by atoms with Gasteiger partial charge in [0.15, 0.2) is 0 Å². The van der Waals surface area contributed by atoms with Gasteiger partial charge in [0.2, 0.25) is 0 Å². The molecule has 2 rings (SSSR count). The average Bonchev–Trinajstić information content (AvgIpc) is 2.81. The average molecular weight is 275 g/mol. The Bertz CT molecular complexity index is 468. The first kappa shape index (κ1) is 13.7. The number of hydrogen-bond acceptors (Lipinski definition) is 2. The third-order valence-corrected chi connectivity index (χ3v) is 10.7. The summed E-state index contributed by atoms with van der Waals surface area (Å²) >= 11 is 1.84. The van der Waals surface area contributed by atoms with E-state index in [1.54, 1.807) is 0 Å². The van der Waals surface area contributed by atoms with E-state index in [4.69, 9.17) is 0 Å². The summed E-state index contributed by atoms with van der Waals surface area (Å²) in [5.74, 6) is 0. The molecule has 0 amide bonds. The number of hydrogen-bond donors (Lipinski definition) is 0. The van der Waals surface area contributed by atoms with Gasteiger partial charge in [-0.15, -0.1) is 11.3 Å². The largest absolute Gasteiger partial charge is 0.447 e. The molecule has 0 fully saturated rings. The highest BCUT2D eigenvalue weighted by molar-refractivity contribution is 7.12. The normalized spacial score (nSPS) is 16.5. The summed E-state index contributed by atoms with van der Waals surface area (Å²) < 4.78 is 2.60. The van der Waals surface area contributed by atoms with Gasteiger partial charge in [0.25, 0.3) is 7.41 Å². The van der Waals surface area contributed by atoms with Gasteiger partial charge in [-0.25, -0.2) is 0 Å². The quantitative estimate of drug-likeness (QED) is 0.728. The standard InChI is InChI=1S/C14H22BNSSi/c1-14(2,3)18(4,5)16-10-6-8-12(15-16)13-9-7-11-17-13/h6-11,15H,1-5H3. The Kier molecular flexibility index (Phi) is 3.61. The second kappa shape index (κ2) is 4.74. The maximum absolute atomic E-state index is 2.60. The van der Waals surface area contributed by atoms with E-state index in [1.165, 1.54) is 10.3 Å². The van der Waals surface area contributed by atoms with Crippen LogP contribution in [-0.4, -0.2) is 20.1 Å². The fourth-order valence-electron chi connectivity index (χ4n) is 1.99. The van der Waals surface area contributed by atoms with Crippen molar-refractivity contribution < 1.29 is 0 Å². The molecule has 0 aliphatic carbocycles. The van der Waals surface area contributed by atoms with E-state index in [2.05, 4.69) is 74.2 Å². The molecule has 1 aliphatic heterocycles. The summed E-state index contributed by atoms with van der Waals surface area (Å²) in [7, 11) is -0.385. The first-order chi connectivity index (χ1) is 8.32. The molecule has 1 nitrogen and oxygen atoms in total. The molecule has 18 heavy (non-hydrogen) atoms. The van der Waals surface area contributed by atoms with Crippen molar-refractivity contribution in [3.63, 3.8) is 0 Å². The first-order valence-electron chi connectivity index (χ1n) is 6.50. The van der Waals surface area contributed by atoms with Gasteiger partial charge in [0, 0.05) is 4.88 Å². The van der Waals surface area contributed by atoms with E-state index in [0.717, 1.165) is 7.41 Å². The van der Waals surface area contributed by atoms with Crippen LogP contribution in [0.5, 0.6) is 0 Å². The molecule has 0 aromatic carbocycles. The summed E-state index contributed by atoms with van der Waals surface area (Å²) in [6.45, 7) is 12.0.